The van der Waals surface area contributed by atoms with Crippen molar-refractivity contribution in [3.05, 3.63) is 29.3 Å². The van der Waals surface area contributed by atoms with E-state index in [9.17, 15) is 4.79 Å². The van der Waals surface area contributed by atoms with Gasteiger partial charge in [0, 0.05) is 5.69 Å². The lowest BCUT2D eigenvalue weighted by Gasteiger charge is -2.05. The van der Waals surface area contributed by atoms with Gasteiger partial charge in [0.1, 0.15) is 6.21 Å². The van der Waals surface area contributed by atoms with Gasteiger partial charge in [0.15, 0.2) is 0 Å². The molecule has 0 spiro atoms. The molecular weight excluding hydrogens is 194 g/mol. The number of hydrogen-bond acceptors (Lipinski definition) is 4. The molecule has 2 N–H and O–H groups in total. The molecule has 0 saturated carbocycles. The lowest BCUT2D eigenvalue weighted by Crippen LogP contribution is -2.13. The van der Waals surface area contributed by atoms with E-state index in [2.05, 4.69) is 10.5 Å². The number of nitriles is 1. The van der Waals surface area contributed by atoms with E-state index in [1.165, 1.54) is 0 Å². The first-order valence-electron chi connectivity index (χ1n) is 4.16. The first kappa shape index (κ1) is 10.7. The van der Waals surface area contributed by atoms with Gasteiger partial charge in [-0.1, -0.05) is 5.16 Å². The number of hydrogen-bond donors (Lipinski definition) is 2. The molecule has 0 aliphatic heterocycles. The highest BCUT2D eigenvalue weighted by Crippen LogP contribution is 2.15. The standard InChI is InChI=1S/C10H9N3O2/c1-7-4-8(5-11)2-3-9(7)13-10(14)6-12-15/h2-4,6,15H,1H3,(H,13,14). The Kier molecular flexibility index (Phi) is 3.41. The summed E-state index contributed by atoms with van der Waals surface area (Å²) < 4.78 is 0. The maximum atomic E-state index is 11.0. The Balaban J connectivity index is 2.88. The average molecular weight is 203 g/mol. The molecule has 5 nitrogen and oxygen atoms in total. The van der Waals surface area contributed by atoms with Crippen LogP contribution < -0.4 is 5.32 Å². The predicted octanol–water partition coefficient (Wildman–Crippen LogP) is 1.27. The zero-order valence-corrected chi connectivity index (χ0v) is 8.06. The van der Waals surface area contributed by atoms with Gasteiger partial charge in [-0.3, -0.25) is 4.79 Å². The summed E-state index contributed by atoms with van der Waals surface area (Å²) in [5.74, 6) is -0.523. The number of amides is 1. The molecule has 1 aromatic rings. The van der Waals surface area contributed by atoms with Gasteiger partial charge in [-0.05, 0) is 30.7 Å². The number of nitrogens with one attached hydrogen (secondary N) is 1. The molecule has 0 atom stereocenters. The van der Waals surface area contributed by atoms with Gasteiger partial charge in [-0.25, -0.2) is 0 Å². The smallest absolute Gasteiger partial charge is 0.270 e. The SMILES string of the molecule is Cc1cc(C#N)ccc1NC(=O)C=NO. The van der Waals surface area contributed by atoms with Gasteiger partial charge in [0.2, 0.25) is 0 Å². The van der Waals surface area contributed by atoms with Crippen LogP contribution in [0.3, 0.4) is 0 Å². The van der Waals surface area contributed by atoms with Gasteiger partial charge in [0.25, 0.3) is 5.91 Å². The monoisotopic (exact) mass is 203 g/mol. The highest BCUT2D eigenvalue weighted by molar-refractivity contribution is 6.31. The van der Waals surface area contributed by atoms with E-state index >= 15 is 0 Å². The van der Waals surface area contributed by atoms with E-state index in [4.69, 9.17) is 10.5 Å². The average Bonchev–Trinajstić information content (AvgIpc) is 2.21. The third-order valence-corrected chi connectivity index (χ3v) is 1.79. The third-order valence-electron chi connectivity index (χ3n) is 1.79. The van der Waals surface area contributed by atoms with Gasteiger partial charge >= 0.3 is 0 Å². The largest absolute Gasteiger partial charge is 0.411 e. The number of benzene rings is 1. The number of rotatable bonds is 2. The zero-order valence-electron chi connectivity index (χ0n) is 8.06. The number of oxime groups is 1. The van der Waals surface area contributed by atoms with Crippen molar-refractivity contribution < 1.29 is 10.0 Å². The Bertz CT molecular complexity index is 446. The Morgan fingerprint density at radius 2 is 2.40 bits per heavy atom. The minimum absolute atomic E-state index is 0.523. The van der Waals surface area contributed by atoms with Crippen molar-refractivity contribution in [1.82, 2.24) is 0 Å². The minimum Gasteiger partial charge on any atom is -0.411 e. The predicted molar refractivity (Wildman–Crippen MR) is 54.8 cm³/mol. The molecule has 1 amide bonds. The molecule has 0 fully saturated rings. The first-order valence-corrected chi connectivity index (χ1v) is 4.16. The van der Waals surface area contributed by atoms with Gasteiger partial charge in [-0.15, -0.1) is 0 Å². The van der Waals surface area contributed by atoms with E-state index in [-0.39, 0.29) is 0 Å². The second kappa shape index (κ2) is 4.77. The number of aryl methyl sites for hydroxylation is 1. The summed E-state index contributed by atoms with van der Waals surface area (Å²) in [6.45, 7) is 1.77. The van der Waals surface area contributed by atoms with E-state index < -0.39 is 5.91 Å². The van der Waals surface area contributed by atoms with Crippen LogP contribution in [0, 0.1) is 18.3 Å². The second-order valence-electron chi connectivity index (χ2n) is 2.88. The number of carbonyl (C=O) groups is 1. The van der Waals surface area contributed by atoms with Crippen molar-refractivity contribution in [1.29, 1.82) is 5.26 Å². The molecule has 0 aliphatic rings. The minimum atomic E-state index is -0.523. The highest BCUT2D eigenvalue weighted by Gasteiger charge is 2.02. The highest BCUT2D eigenvalue weighted by atomic mass is 16.4. The molecule has 1 rings (SSSR count). The molecule has 0 saturated heterocycles. The maximum Gasteiger partial charge on any atom is 0.270 e. The summed E-state index contributed by atoms with van der Waals surface area (Å²) >= 11 is 0. The zero-order chi connectivity index (χ0) is 11.3. The van der Waals surface area contributed by atoms with Crippen molar-refractivity contribution >= 4 is 17.8 Å². The molecule has 0 aromatic heterocycles. The fraction of sp³-hybridized carbons (Fsp3) is 0.100. The van der Waals surface area contributed by atoms with E-state index in [0.29, 0.717) is 11.3 Å². The summed E-state index contributed by atoms with van der Waals surface area (Å²) in [4.78, 5) is 11.0. The van der Waals surface area contributed by atoms with Crippen LogP contribution in [-0.2, 0) is 4.79 Å². The fourth-order valence-electron chi connectivity index (χ4n) is 1.09. The van der Waals surface area contributed by atoms with Crippen LogP contribution in [0.2, 0.25) is 0 Å². The molecule has 15 heavy (non-hydrogen) atoms. The first-order chi connectivity index (χ1) is 7.17. The molecule has 0 heterocycles. The second-order valence-corrected chi connectivity index (χ2v) is 2.88. The van der Waals surface area contributed by atoms with E-state index in [0.717, 1.165) is 11.8 Å². The number of carbonyl (C=O) groups excluding carboxylic acids is 1. The van der Waals surface area contributed by atoms with Crippen LogP contribution in [0.25, 0.3) is 0 Å². The van der Waals surface area contributed by atoms with Gasteiger partial charge in [0.05, 0.1) is 11.6 Å². The lowest BCUT2D eigenvalue weighted by atomic mass is 10.1. The Labute approximate surface area is 86.6 Å². The van der Waals surface area contributed by atoms with Gasteiger partial charge in [-0.2, -0.15) is 5.26 Å². The number of anilines is 1. The molecular formula is C10H9N3O2. The quantitative estimate of drug-likeness (QED) is 0.431. The maximum absolute atomic E-state index is 11.0. The van der Waals surface area contributed by atoms with Crippen LogP contribution in [0.5, 0.6) is 0 Å². The number of nitrogens with zero attached hydrogens (tertiary/aromatic N) is 2. The molecule has 1 aromatic carbocycles. The van der Waals surface area contributed by atoms with Crippen LogP contribution in [0.4, 0.5) is 5.69 Å². The summed E-state index contributed by atoms with van der Waals surface area (Å²) in [5.41, 5.74) is 1.88. The van der Waals surface area contributed by atoms with Crippen LogP contribution in [0.1, 0.15) is 11.1 Å². The van der Waals surface area contributed by atoms with Crippen molar-refractivity contribution in [2.24, 2.45) is 5.16 Å². The Morgan fingerprint density at radius 3 is 2.93 bits per heavy atom. The normalized spacial score (nSPS) is 9.87. The molecule has 0 bridgehead atoms. The molecule has 0 aliphatic carbocycles. The molecule has 0 radical (unpaired) electrons. The topological polar surface area (TPSA) is 85.5 Å². The Morgan fingerprint density at radius 1 is 1.67 bits per heavy atom. The fourth-order valence-corrected chi connectivity index (χ4v) is 1.09. The summed E-state index contributed by atoms with van der Waals surface area (Å²) in [5, 5.41) is 21.9. The molecule has 76 valence electrons. The Hall–Kier alpha value is -2.35. The van der Waals surface area contributed by atoms with Crippen molar-refractivity contribution in [2.75, 3.05) is 5.32 Å². The lowest BCUT2D eigenvalue weighted by molar-refractivity contribution is -0.110. The van der Waals surface area contributed by atoms with E-state index in [1.807, 2.05) is 6.07 Å². The van der Waals surface area contributed by atoms with Crippen molar-refractivity contribution in [3.63, 3.8) is 0 Å². The summed E-state index contributed by atoms with van der Waals surface area (Å²) in [7, 11) is 0. The van der Waals surface area contributed by atoms with E-state index in [1.54, 1.807) is 25.1 Å². The van der Waals surface area contributed by atoms with Crippen LogP contribution in [0.15, 0.2) is 23.4 Å². The van der Waals surface area contributed by atoms with Crippen molar-refractivity contribution in [2.45, 2.75) is 6.92 Å². The third kappa shape index (κ3) is 2.81. The van der Waals surface area contributed by atoms with Crippen molar-refractivity contribution in [3.8, 4) is 6.07 Å². The van der Waals surface area contributed by atoms with Crippen LogP contribution in [-0.4, -0.2) is 17.3 Å². The summed E-state index contributed by atoms with van der Waals surface area (Å²) in [6, 6.07) is 6.87. The summed E-state index contributed by atoms with van der Waals surface area (Å²) in [6.07, 6.45) is 0.762. The molecule has 5 heteroatoms. The van der Waals surface area contributed by atoms with Crippen LogP contribution >= 0.6 is 0 Å². The molecule has 0 unspecified atom stereocenters. The van der Waals surface area contributed by atoms with Gasteiger partial charge < -0.3 is 10.5 Å².